The molecule has 0 spiro atoms. The molecule has 0 fully saturated rings. The maximum absolute atomic E-state index is 5.97. The molecule has 0 aliphatic carbocycles. The summed E-state index contributed by atoms with van der Waals surface area (Å²) in [5.41, 5.74) is 3.46. The molecule has 2 rings (SSSR count). The number of thiazole rings is 1. The van der Waals surface area contributed by atoms with Crippen LogP contribution in [0, 0.1) is 13.8 Å². The normalized spacial score (nSPS) is 11.9. The van der Waals surface area contributed by atoms with Gasteiger partial charge in [0.05, 0.1) is 12.2 Å². The Morgan fingerprint density at radius 1 is 1.35 bits per heavy atom. The summed E-state index contributed by atoms with van der Waals surface area (Å²) < 4.78 is 5.97. The van der Waals surface area contributed by atoms with Crippen molar-refractivity contribution in [3.8, 4) is 5.75 Å². The summed E-state index contributed by atoms with van der Waals surface area (Å²) in [4.78, 5) is 6.95. The molecule has 142 valence electrons. The number of rotatable bonds is 8. The Morgan fingerprint density at radius 2 is 2.12 bits per heavy atom. The van der Waals surface area contributed by atoms with Gasteiger partial charge in [-0.3, -0.25) is 0 Å². The number of nitrogens with one attached hydrogen (secondary N) is 1. The van der Waals surface area contributed by atoms with Gasteiger partial charge < -0.3 is 15.0 Å². The number of nitrogens with zero attached hydrogens (tertiary/aromatic N) is 2. The molecule has 26 heavy (non-hydrogen) atoms. The highest BCUT2D eigenvalue weighted by Crippen LogP contribution is 2.23. The minimum absolute atomic E-state index is 0.373. The van der Waals surface area contributed by atoms with Gasteiger partial charge in [0.15, 0.2) is 5.11 Å². The molecule has 1 unspecified atom stereocenters. The molecule has 6 heteroatoms. The van der Waals surface area contributed by atoms with Crippen molar-refractivity contribution >= 4 is 28.7 Å². The zero-order chi connectivity index (χ0) is 19.1. The first-order valence-electron chi connectivity index (χ1n) is 9.13. The van der Waals surface area contributed by atoms with Crippen molar-refractivity contribution < 1.29 is 4.74 Å². The van der Waals surface area contributed by atoms with Gasteiger partial charge in [-0.05, 0) is 63.5 Å². The highest BCUT2D eigenvalue weighted by atomic mass is 32.1. The summed E-state index contributed by atoms with van der Waals surface area (Å²) >= 11 is 7.17. The summed E-state index contributed by atoms with van der Waals surface area (Å²) in [5.74, 6) is 0.927. The first kappa shape index (κ1) is 20.6. The predicted octanol–water partition coefficient (Wildman–Crippen LogP) is 4.83. The molecule has 0 aliphatic rings. The molecule has 0 aliphatic heterocycles. The lowest BCUT2D eigenvalue weighted by molar-refractivity contribution is 0.298. The number of aromatic nitrogens is 1. The largest absolute Gasteiger partial charge is 0.486 e. The number of hydrogen-bond acceptors (Lipinski definition) is 4. The molecular weight excluding hydrogens is 362 g/mol. The van der Waals surface area contributed by atoms with E-state index in [1.54, 1.807) is 11.3 Å². The highest BCUT2D eigenvalue weighted by Gasteiger charge is 2.17. The second kappa shape index (κ2) is 9.88. The first-order chi connectivity index (χ1) is 12.5. The molecule has 0 saturated carbocycles. The zero-order valence-electron chi connectivity index (χ0n) is 16.3. The fourth-order valence-corrected chi connectivity index (χ4v) is 3.67. The Balaban J connectivity index is 2.01. The third-order valence-corrected chi connectivity index (χ3v) is 5.80. The summed E-state index contributed by atoms with van der Waals surface area (Å²) in [6, 6.07) is 6.51. The second-order valence-electron chi connectivity index (χ2n) is 6.44. The molecule has 2 aromatic rings. The highest BCUT2D eigenvalue weighted by molar-refractivity contribution is 7.80. The van der Waals surface area contributed by atoms with Crippen molar-refractivity contribution in [1.82, 2.24) is 15.2 Å². The van der Waals surface area contributed by atoms with E-state index in [0.717, 1.165) is 41.1 Å². The van der Waals surface area contributed by atoms with Gasteiger partial charge in [-0.25, -0.2) is 4.98 Å². The third-order valence-electron chi connectivity index (χ3n) is 4.55. The van der Waals surface area contributed by atoms with Crippen LogP contribution in [0.5, 0.6) is 5.75 Å². The molecule has 0 saturated heterocycles. The first-order valence-corrected chi connectivity index (χ1v) is 10.4. The van der Waals surface area contributed by atoms with Crippen molar-refractivity contribution in [1.29, 1.82) is 0 Å². The van der Waals surface area contributed by atoms with E-state index in [1.807, 2.05) is 12.1 Å². The summed E-state index contributed by atoms with van der Waals surface area (Å²) in [5, 5.41) is 7.14. The lowest BCUT2D eigenvalue weighted by atomic mass is 10.1. The number of benzene rings is 1. The molecule has 1 aromatic carbocycles. The fourth-order valence-electron chi connectivity index (χ4n) is 2.58. The number of hydrogen-bond donors (Lipinski definition) is 1. The van der Waals surface area contributed by atoms with Crippen LogP contribution in [0.1, 0.15) is 49.0 Å². The van der Waals surface area contributed by atoms with Crippen molar-refractivity contribution in [2.24, 2.45) is 0 Å². The number of ether oxygens (including phenoxy) is 1. The van der Waals surface area contributed by atoms with Crippen LogP contribution in [0.3, 0.4) is 0 Å². The maximum atomic E-state index is 5.97. The number of thiocarbonyl (C=S) groups is 1. The molecule has 1 atom stereocenters. The van der Waals surface area contributed by atoms with Gasteiger partial charge in [-0.15, -0.1) is 11.3 Å². The molecule has 1 aromatic heterocycles. The summed E-state index contributed by atoms with van der Waals surface area (Å²) in [7, 11) is 0. The van der Waals surface area contributed by atoms with Crippen molar-refractivity contribution in [3.05, 3.63) is 45.4 Å². The average Bonchev–Trinajstić information content (AvgIpc) is 3.08. The molecule has 4 nitrogen and oxygen atoms in total. The van der Waals surface area contributed by atoms with Gasteiger partial charge in [0.25, 0.3) is 0 Å². The Hall–Kier alpha value is -1.66. The standard InChI is InChI=1S/C20H29N3OS2/c1-6-15(4)23(20(25)21-7-2)11-17-13-26-19(22-17)12-24-18-10-8-9-14(3)16(18)5/h8-10,13,15H,6-7,11-12H2,1-5H3,(H,21,25). The van der Waals surface area contributed by atoms with Crippen LogP contribution in [-0.2, 0) is 13.2 Å². The Kier molecular flexibility index (Phi) is 7.85. The smallest absolute Gasteiger partial charge is 0.169 e. The van der Waals surface area contributed by atoms with E-state index in [1.165, 1.54) is 11.1 Å². The van der Waals surface area contributed by atoms with Crippen LogP contribution in [0.25, 0.3) is 0 Å². The van der Waals surface area contributed by atoms with Crippen LogP contribution in [0.2, 0.25) is 0 Å². The van der Waals surface area contributed by atoms with Crippen LogP contribution in [-0.4, -0.2) is 27.6 Å². The van der Waals surface area contributed by atoms with E-state index in [4.69, 9.17) is 21.9 Å². The van der Waals surface area contributed by atoms with Crippen molar-refractivity contribution in [3.63, 3.8) is 0 Å². The lowest BCUT2D eigenvalue weighted by Gasteiger charge is -2.30. The van der Waals surface area contributed by atoms with Gasteiger partial charge in [0, 0.05) is 18.0 Å². The number of aryl methyl sites for hydroxylation is 1. The quantitative estimate of drug-likeness (QED) is 0.652. The lowest BCUT2D eigenvalue weighted by Crippen LogP contribution is -2.44. The monoisotopic (exact) mass is 391 g/mol. The van der Waals surface area contributed by atoms with E-state index in [0.29, 0.717) is 12.6 Å². The molecule has 0 radical (unpaired) electrons. The SMILES string of the molecule is CCNC(=S)N(Cc1csc(COc2cccc(C)c2C)n1)C(C)CC. The minimum Gasteiger partial charge on any atom is -0.486 e. The zero-order valence-corrected chi connectivity index (χ0v) is 18.0. The molecule has 0 amide bonds. The second-order valence-corrected chi connectivity index (χ2v) is 7.77. The summed E-state index contributed by atoms with van der Waals surface area (Å²) in [6.07, 6.45) is 1.04. The fraction of sp³-hybridized carbons (Fsp3) is 0.500. The maximum Gasteiger partial charge on any atom is 0.169 e. The van der Waals surface area contributed by atoms with Gasteiger partial charge in [0.1, 0.15) is 17.4 Å². The van der Waals surface area contributed by atoms with E-state index in [9.17, 15) is 0 Å². The molecule has 0 bridgehead atoms. The van der Waals surface area contributed by atoms with E-state index >= 15 is 0 Å². The van der Waals surface area contributed by atoms with Gasteiger partial charge in [-0.2, -0.15) is 0 Å². The molecular formula is C20H29N3OS2. The Morgan fingerprint density at radius 3 is 2.81 bits per heavy atom. The molecule has 1 heterocycles. The third kappa shape index (κ3) is 5.42. The van der Waals surface area contributed by atoms with E-state index in [2.05, 4.69) is 56.3 Å². The van der Waals surface area contributed by atoms with Gasteiger partial charge in [-0.1, -0.05) is 19.1 Å². The van der Waals surface area contributed by atoms with Crippen LogP contribution >= 0.6 is 23.6 Å². The average molecular weight is 392 g/mol. The Labute approximate surface area is 166 Å². The van der Waals surface area contributed by atoms with Gasteiger partial charge in [0.2, 0.25) is 0 Å². The van der Waals surface area contributed by atoms with E-state index in [-0.39, 0.29) is 0 Å². The Bertz CT molecular complexity index is 730. The van der Waals surface area contributed by atoms with Crippen LogP contribution < -0.4 is 10.1 Å². The topological polar surface area (TPSA) is 37.4 Å². The van der Waals surface area contributed by atoms with Crippen LogP contribution in [0.4, 0.5) is 0 Å². The summed E-state index contributed by atoms with van der Waals surface area (Å²) in [6.45, 7) is 12.7. The predicted molar refractivity (Wildman–Crippen MR) is 114 cm³/mol. The van der Waals surface area contributed by atoms with E-state index < -0.39 is 0 Å². The molecule has 1 N–H and O–H groups in total. The minimum atomic E-state index is 0.373. The van der Waals surface area contributed by atoms with Crippen LogP contribution in [0.15, 0.2) is 23.6 Å². The van der Waals surface area contributed by atoms with Crippen molar-refractivity contribution in [2.75, 3.05) is 6.54 Å². The van der Waals surface area contributed by atoms with Crippen molar-refractivity contribution in [2.45, 2.75) is 60.2 Å². The van der Waals surface area contributed by atoms with Gasteiger partial charge >= 0.3 is 0 Å².